The van der Waals surface area contributed by atoms with E-state index in [9.17, 15) is 26.4 Å². The molecule has 0 radical (unpaired) electrons. The van der Waals surface area contributed by atoms with Crippen molar-refractivity contribution in [3.05, 3.63) is 196 Å². The Hall–Kier alpha value is -9.27. The second-order valence-corrected chi connectivity index (χ2v) is 26.7. The third kappa shape index (κ3) is 12.4. The first-order valence-corrected chi connectivity index (χ1v) is 32.0. The van der Waals surface area contributed by atoms with Crippen LogP contribution in [-0.2, 0) is 20.0 Å². The van der Waals surface area contributed by atoms with Crippen LogP contribution in [0.5, 0.6) is 0 Å². The number of nitrogens with zero attached hydrogens (tertiary/aromatic N) is 15. The van der Waals surface area contributed by atoms with Crippen LogP contribution in [0.2, 0.25) is 0 Å². The molecule has 0 aliphatic heterocycles. The lowest BCUT2D eigenvalue weighted by Gasteiger charge is -2.10. The number of aromatic nitrogens is 14. The number of benzene rings is 2. The van der Waals surface area contributed by atoms with Gasteiger partial charge in [-0.05, 0) is 119 Å². The van der Waals surface area contributed by atoms with Crippen LogP contribution < -0.4 is 0 Å². The lowest BCUT2D eigenvalue weighted by molar-refractivity contribution is 0.219. The van der Waals surface area contributed by atoms with Gasteiger partial charge in [-0.2, -0.15) is 5.10 Å². The van der Waals surface area contributed by atoms with E-state index < -0.39 is 20.0 Å². The van der Waals surface area contributed by atoms with Crippen molar-refractivity contribution in [1.29, 1.82) is 0 Å². The van der Waals surface area contributed by atoms with E-state index in [-0.39, 0.29) is 21.9 Å². The zero-order valence-corrected chi connectivity index (χ0v) is 54.9. The summed E-state index contributed by atoms with van der Waals surface area (Å²) in [4.78, 5) is 61.2. The predicted octanol–water partition coefficient (Wildman–Crippen LogP) is 12.8. The second-order valence-electron chi connectivity index (χ2n) is 19.4. The van der Waals surface area contributed by atoms with E-state index in [4.69, 9.17) is 13.3 Å². The van der Waals surface area contributed by atoms with Gasteiger partial charge in [0.2, 0.25) is 0 Å². The standard InChI is InChI=1S/C16H10BrN3O3S.C15H10BrN5O2S.C14H13BrN4O2.C13H11BrN4O2/c17-11-6-13-14(15-8-18-10-23-15)9-20(16(13)19-7-11)24(21,22)12-4-2-1-3-5-12;16-10-6-12-13(14-18-9-19-20-14)8-21(15(12)17-7-10)24(22,23)11-4-2-1-3-5-11;1-8-12(21-7-17-8)11-6-19(14(20)18(2)3)13-10(11)4-9(15)5-16-13;1-17(2)13(19)18-6-10(11-5-15-7-20-11)9-3-8(14)4-16-12(9)18/h1-10H;1-9H,(H,18,19,20);4-7H,1-3H3;3-7H,1-2H3. The summed E-state index contributed by atoms with van der Waals surface area (Å²) in [6.07, 6.45) is 21.5. The van der Waals surface area contributed by atoms with Crippen LogP contribution in [0.25, 0.3) is 89.5 Å². The van der Waals surface area contributed by atoms with Gasteiger partial charge in [0.25, 0.3) is 20.0 Å². The number of pyridine rings is 4. The maximum Gasteiger partial charge on any atom is 0.329 e. The van der Waals surface area contributed by atoms with Gasteiger partial charge in [0.05, 0.1) is 27.9 Å². The minimum Gasteiger partial charge on any atom is -0.443 e. The van der Waals surface area contributed by atoms with E-state index in [2.05, 4.69) is 114 Å². The SMILES string of the molecule is CN(C)C(=O)n1cc(-c2cnco2)c2cc(Br)cnc21.Cc1ncoc1-c1cn(C(=O)N(C)C)c2ncc(Br)cc12.O=S(=O)(c1ccccc1)n1cc(-c2cnco2)c2cc(Br)cnc21.O=S(=O)(c1ccccc1)n1cc(-c2ncn[nH]2)c2cc(Br)cnc21. The molecule has 14 rings (SSSR count). The molecule has 0 saturated carbocycles. The summed E-state index contributed by atoms with van der Waals surface area (Å²) in [7, 11) is -0.751. The minimum atomic E-state index is -3.77. The first-order valence-electron chi connectivity index (χ1n) is 26.0. The number of nitrogens with one attached hydrogen (secondary N) is 1. The zero-order valence-electron chi connectivity index (χ0n) is 46.9. The van der Waals surface area contributed by atoms with Crippen molar-refractivity contribution >= 4 is 140 Å². The molecule has 0 saturated heterocycles. The summed E-state index contributed by atoms with van der Waals surface area (Å²) >= 11 is 13.5. The number of aromatic amines is 1. The molecule has 14 aromatic rings. The fourth-order valence-electron chi connectivity index (χ4n) is 9.13. The van der Waals surface area contributed by atoms with E-state index in [1.165, 1.54) is 71.0 Å². The molecule has 31 heteroatoms. The summed E-state index contributed by atoms with van der Waals surface area (Å²) < 4.78 is 76.6. The van der Waals surface area contributed by atoms with Gasteiger partial charge in [-0.3, -0.25) is 14.2 Å². The molecule has 25 nitrogen and oxygen atoms in total. The van der Waals surface area contributed by atoms with Crippen LogP contribution in [0, 0.1) is 6.92 Å². The average molecular weight is 1490 g/mol. The molecule has 0 spiro atoms. The molecular weight excluding hydrogens is 1450 g/mol. The van der Waals surface area contributed by atoms with Gasteiger partial charge >= 0.3 is 12.1 Å². The van der Waals surface area contributed by atoms with Crippen molar-refractivity contribution in [3.8, 4) is 45.4 Å². The molecular formula is C58H44Br4N16O9S2. The summed E-state index contributed by atoms with van der Waals surface area (Å²) in [6, 6.07) is 23.5. The molecule has 2 aromatic carbocycles. The van der Waals surface area contributed by atoms with Crippen molar-refractivity contribution in [1.82, 2.24) is 76.9 Å². The molecule has 12 aromatic heterocycles. The average Bonchev–Trinajstić information content (AvgIpc) is 1.86. The molecule has 0 unspecified atom stereocenters. The molecule has 0 bridgehead atoms. The van der Waals surface area contributed by atoms with Crippen LogP contribution in [0.15, 0.2) is 213 Å². The van der Waals surface area contributed by atoms with Gasteiger partial charge in [0.15, 0.2) is 53.6 Å². The van der Waals surface area contributed by atoms with Crippen molar-refractivity contribution in [2.75, 3.05) is 28.2 Å². The highest BCUT2D eigenvalue weighted by molar-refractivity contribution is 9.11. The molecule has 0 aliphatic rings. The van der Waals surface area contributed by atoms with E-state index in [1.807, 2.05) is 19.1 Å². The monoisotopic (exact) mass is 1490 g/mol. The second kappa shape index (κ2) is 25.4. The first-order chi connectivity index (χ1) is 42.7. The molecule has 450 valence electrons. The number of halogens is 4. The third-order valence-electron chi connectivity index (χ3n) is 13.2. The van der Waals surface area contributed by atoms with Gasteiger partial charge in [-0.15, -0.1) is 0 Å². The maximum absolute atomic E-state index is 13.0. The number of amides is 2. The van der Waals surface area contributed by atoms with E-state index in [0.29, 0.717) is 67.6 Å². The quantitative estimate of drug-likeness (QED) is 0.148. The summed E-state index contributed by atoms with van der Waals surface area (Å²) in [5.41, 5.74) is 5.38. The number of rotatable bonds is 8. The highest BCUT2D eigenvalue weighted by Gasteiger charge is 2.27. The molecule has 89 heavy (non-hydrogen) atoms. The molecule has 12 heterocycles. The highest BCUT2D eigenvalue weighted by Crippen LogP contribution is 2.37. The lowest BCUT2D eigenvalue weighted by Crippen LogP contribution is -2.26. The van der Waals surface area contributed by atoms with Gasteiger partial charge in [-0.1, -0.05) is 36.4 Å². The first kappa shape index (κ1) is 61.4. The Morgan fingerprint density at radius 2 is 0.888 bits per heavy atom. The zero-order chi connectivity index (χ0) is 62.9. The smallest absolute Gasteiger partial charge is 0.329 e. The molecule has 0 atom stereocenters. The Balaban J connectivity index is 0.000000123. The van der Waals surface area contributed by atoms with Crippen molar-refractivity contribution in [3.63, 3.8) is 0 Å². The van der Waals surface area contributed by atoms with Crippen LogP contribution in [-0.4, -0.2) is 134 Å². The van der Waals surface area contributed by atoms with Gasteiger partial charge in [0, 0.05) is 139 Å². The van der Waals surface area contributed by atoms with Crippen LogP contribution >= 0.6 is 63.7 Å². The predicted molar refractivity (Wildman–Crippen MR) is 343 cm³/mol. The Morgan fingerprint density at radius 1 is 0.483 bits per heavy atom. The normalized spacial score (nSPS) is 11.5. The van der Waals surface area contributed by atoms with Gasteiger partial charge in [-0.25, -0.2) is 74.2 Å². The molecule has 2 amide bonds. The Morgan fingerprint density at radius 3 is 1.29 bits per heavy atom. The molecule has 0 aliphatic carbocycles. The number of carbonyl (C=O) groups is 2. The fourth-order valence-corrected chi connectivity index (χ4v) is 13.1. The number of aryl methyl sites for hydroxylation is 1. The van der Waals surface area contributed by atoms with Crippen LogP contribution in [0.3, 0.4) is 0 Å². The van der Waals surface area contributed by atoms with Crippen molar-refractivity contribution < 1.29 is 39.7 Å². The van der Waals surface area contributed by atoms with E-state index >= 15 is 0 Å². The Labute approximate surface area is 538 Å². The number of H-pyrrole nitrogens is 1. The number of fused-ring (bicyclic) bond motifs is 4. The van der Waals surface area contributed by atoms with E-state index in [0.717, 1.165) is 45.5 Å². The number of carbonyl (C=O) groups excluding carboxylic acids is 2. The largest absolute Gasteiger partial charge is 0.443 e. The molecule has 1 N–H and O–H groups in total. The summed E-state index contributed by atoms with van der Waals surface area (Å²) in [6.45, 7) is 1.86. The Bertz CT molecular complexity index is 4950. The van der Waals surface area contributed by atoms with Crippen molar-refractivity contribution in [2.45, 2.75) is 16.7 Å². The minimum absolute atomic E-state index is 0.168. The van der Waals surface area contributed by atoms with Gasteiger partial charge in [0.1, 0.15) is 17.6 Å². The Kier molecular flexibility index (Phi) is 17.5. The van der Waals surface area contributed by atoms with Crippen molar-refractivity contribution in [2.24, 2.45) is 0 Å². The third-order valence-corrected chi connectivity index (χ3v) is 18.3. The number of oxazole rings is 3. The lowest BCUT2D eigenvalue weighted by atomic mass is 10.1. The summed E-state index contributed by atoms with van der Waals surface area (Å²) in [5.74, 6) is 2.19. The maximum atomic E-state index is 13.0. The topological polar surface area (TPSA) is 300 Å². The van der Waals surface area contributed by atoms with Crippen LogP contribution in [0.1, 0.15) is 5.69 Å². The highest BCUT2D eigenvalue weighted by atomic mass is 79.9. The van der Waals surface area contributed by atoms with E-state index in [1.54, 1.807) is 144 Å². The summed E-state index contributed by atoms with van der Waals surface area (Å²) in [5, 5.41) is 9.55. The fraction of sp³-hybridized carbons (Fsp3) is 0.0862. The molecule has 0 fully saturated rings. The van der Waals surface area contributed by atoms with Crippen LogP contribution in [0.4, 0.5) is 9.59 Å². The van der Waals surface area contributed by atoms with Gasteiger partial charge < -0.3 is 23.1 Å². The number of hydrogen-bond donors (Lipinski definition) is 1. The number of hydrogen-bond acceptors (Lipinski definition) is 18.